The lowest BCUT2D eigenvalue weighted by Crippen LogP contribution is -2.36. The summed E-state index contributed by atoms with van der Waals surface area (Å²) in [5, 5.41) is 4.04. The lowest BCUT2D eigenvalue weighted by atomic mass is 10.1. The third kappa shape index (κ3) is 7.47. The van der Waals surface area contributed by atoms with Gasteiger partial charge in [-0.1, -0.05) is 54.3 Å². The second-order valence-electron chi connectivity index (χ2n) is 10.6. The van der Waals surface area contributed by atoms with Crippen LogP contribution in [0.25, 0.3) is 27.1 Å². The highest BCUT2D eigenvalue weighted by Crippen LogP contribution is 2.49. The summed E-state index contributed by atoms with van der Waals surface area (Å²) in [6.07, 6.45) is 5.44. The quantitative estimate of drug-likeness (QED) is 0.129. The average Bonchev–Trinajstić information content (AvgIpc) is 3.47. The van der Waals surface area contributed by atoms with E-state index in [0.717, 1.165) is 58.5 Å². The van der Waals surface area contributed by atoms with Crippen molar-refractivity contribution < 1.29 is 35.2 Å². The van der Waals surface area contributed by atoms with Crippen molar-refractivity contribution in [2.45, 2.75) is 44.6 Å². The fourth-order valence-electron chi connectivity index (χ4n) is 5.37. The van der Waals surface area contributed by atoms with Crippen LogP contribution in [0.4, 0.5) is 5.69 Å². The van der Waals surface area contributed by atoms with Gasteiger partial charge in [-0.2, -0.15) is 21.4 Å². The Morgan fingerprint density at radius 2 is 1.75 bits per heavy atom. The molecule has 0 amide bonds. The molecule has 0 fully saturated rings. The topological polar surface area (TPSA) is 125 Å². The summed E-state index contributed by atoms with van der Waals surface area (Å²) >= 11 is 3.20. The molecule has 0 spiro atoms. The Balaban J connectivity index is 1.58. The van der Waals surface area contributed by atoms with Crippen molar-refractivity contribution >= 4 is 76.1 Å². The Labute approximate surface area is 266 Å². The monoisotopic (exact) mass is 675 g/mol. The highest BCUT2D eigenvalue weighted by molar-refractivity contribution is 8.03. The van der Waals surface area contributed by atoms with Gasteiger partial charge in [0.15, 0.2) is 6.54 Å². The Morgan fingerprint density at radius 3 is 2.45 bits per heavy atom. The SMILES string of the molecule is CCC(=C\c1sc2ccc3ccccc3c2[n+]1CCCS(=O)(=O)O)/C=C1/Sc2cc(OC)c(C)cc2N1CCCS(=O)(=O)O. The smallest absolute Gasteiger partial charge is 0.265 e. The number of methoxy groups -OCH3 is 1. The van der Waals surface area contributed by atoms with Gasteiger partial charge in [0.2, 0.25) is 5.52 Å². The maximum atomic E-state index is 11.5. The van der Waals surface area contributed by atoms with Gasteiger partial charge < -0.3 is 9.64 Å². The average molecular weight is 676 g/mol. The third-order valence-corrected chi connectivity index (χ3v) is 11.3. The summed E-state index contributed by atoms with van der Waals surface area (Å²) in [5.74, 6) is 0.110. The summed E-state index contributed by atoms with van der Waals surface area (Å²) in [6.45, 7) is 4.84. The third-order valence-electron chi connectivity index (χ3n) is 7.46. The van der Waals surface area contributed by atoms with Gasteiger partial charge in [0.05, 0.1) is 34.7 Å². The van der Waals surface area contributed by atoms with Gasteiger partial charge in [-0.05, 0) is 66.6 Å². The van der Waals surface area contributed by atoms with Crippen LogP contribution < -0.4 is 14.2 Å². The number of ether oxygens (including phenoxy) is 1. The first-order chi connectivity index (χ1) is 20.9. The molecule has 0 atom stereocenters. The molecule has 0 bridgehead atoms. The Kier molecular flexibility index (Phi) is 9.73. The molecule has 1 aromatic heterocycles. The van der Waals surface area contributed by atoms with Crippen LogP contribution in [-0.4, -0.2) is 51.1 Å². The van der Waals surface area contributed by atoms with Crippen molar-refractivity contribution in [1.29, 1.82) is 0 Å². The number of hydrogen-bond donors (Lipinski definition) is 2. The molecule has 0 radical (unpaired) electrons. The van der Waals surface area contributed by atoms with Crippen molar-refractivity contribution in [1.82, 2.24) is 0 Å². The van der Waals surface area contributed by atoms with E-state index in [9.17, 15) is 25.9 Å². The number of fused-ring (bicyclic) bond motifs is 4. The number of thiazole rings is 1. The van der Waals surface area contributed by atoms with Crippen LogP contribution in [0.1, 0.15) is 36.8 Å². The molecule has 0 saturated carbocycles. The normalized spacial score (nSPS) is 15.1. The van der Waals surface area contributed by atoms with E-state index in [1.165, 1.54) is 0 Å². The molecule has 44 heavy (non-hydrogen) atoms. The van der Waals surface area contributed by atoms with Gasteiger partial charge in [-0.3, -0.25) is 9.11 Å². The first-order valence-electron chi connectivity index (χ1n) is 14.2. The molecule has 2 N–H and O–H groups in total. The van der Waals surface area contributed by atoms with Gasteiger partial charge in [0.25, 0.3) is 25.2 Å². The van der Waals surface area contributed by atoms with Crippen molar-refractivity contribution in [2.75, 3.05) is 30.1 Å². The van der Waals surface area contributed by atoms with Crippen molar-refractivity contribution in [3.05, 3.63) is 75.8 Å². The maximum absolute atomic E-state index is 11.5. The van der Waals surface area contributed by atoms with Gasteiger partial charge in [0.1, 0.15) is 10.4 Å². The second-order valence-corrected chi connectivity index (χ2v) is 15.9. The van der Waals surface area contributed by atoms with Crippen LogP contribution >= 0.6 is 23.1 Å². The molecule has 1 aliphatic heterocycles. The van der Waals surface area contributed by atoms with E-state index in [0.29, 0.717) is 19.5 Å². The fraction of sp³-hybridized carbons (Fsp3) is 0.323. The zero-order valence-electron chi connectivity index (χ0n) is 24.7. The van der Waals surface area contributed by atoms with Crippen LogP contribution in [-0.2, 0) is 26.8 Å². The number of aryl methyl sites for hydroxylation is 2. The standard InChI is InChI=1S/C31H34N2O7S4/c1-4-22(18-29-32(13-7-15-43(34,35)36)25-17-21(2)26(40-3)20-28(25)42-29)19-30-33(14-8-16-44(37,38)39)31-24-10-6-5-9-23(24)11-12-27(31)41-30/h5-6,9-12,17-20H,4,7-8,13-16H2,1-3H3,(H-,34,35,36,37,38,39)/p+1. The van der Waals surface area contributed by atoms with Crippen LogP contribution in [0.5, 0.6) is 5.75 Å². The molecule has 13 heteroatoms. The second kappa shape index (κ2) is 13.2. The van der Waals surface area contributed by atoms with E-state index < -0.39 is 20.2 Å². The molecule has 0 saturated heterocycles. The van der Waals surface area contributed by atoms with E-state index in [1.807, 2.05) is 31.2 Å². The molecule has 1 aliphatic rings. The first kappa shape index (κ1) is 32.5. The highest BCUT2D eigenvalue weighted by atomic mass is 32.2. The molecule has 2 heterocycles. The predicted octanol–water partition coefficient (Wildman–Crippen LogP) is 6.46. The minimum Gasteiger partial charge on any atom is -0.496 e. The lowest BCUT2D eigenvalue weighted by Gasteiger charge is -2.21. The number of nitrogens with zero attached hydrogens (tertiary/aromatic N) is 2. The van der Waals surface area contributed by atoms with Crippen molar-refractivity contribution in [2.24, 2.45) is 0 Å². The van der Waals surface area contributed by atoms with Gasteiger partial charge in [0, 0.05) is 23.9 Å². The Hall–Kier alpha value is -2.94. The molecular formula is C31H35N2O7S4+. The summed E-state index contributed by atoms with van der Waals surface area (Å²) < 4.78 is 73.4. The molecule has 0 unspecified atom stereocenters. The molecule has 5 rings (SSSR count). The minimum absolute atomic E-state index is 0.254. The van der Waals surface area contributed by atoms with Crippen LogP contribution in [0.3, 0.4) is 0 Å². The molecule has 3 aromatic carbocycles. The zero-order valence-corrected chi connectivity index (χ0v) is 28.0. The molecule has 9 nitrogen and oxygen atoms in total. The number of benzene rings is 3. The molecule has 0 aliphatic carbocycles. The number of rotatable bonds is 12. The largest absolute Gasteiger partial charge is 0.496 e. The summed E-state index contributed by atoms with van der Waals surface area (Å²) in [7, 11) is -6.55. The van der Waals surface area contributed by atoms with Gasteiger partial charge in [-0.25, -0.2) is 0 Å². The summed E-state index contributed by atoms with van der Waals surface area (Å²) in [6, 6.07) is 16.3. The highest BCUT2D eigenvalue weighted by Gasteiger charge is 2.28. The number of hydrogen-bond acceptors (Lipinski definition) is 8. The van der Waals surface area contributed by atoms with Crippen LogP contribution in [0.15, 0.2) is 70.1 Å². The van der Waals surface area contributed by atoms with Crippen molar-refractivity contribution in [3.63, 3.8) is 0 Å². The first-order valence-corrected chi connectivity index (χ1v) is 19.0. The Morgan fingerprint density at radius 1 is 1.02 bits per heavy atom. The zero-order chi connectivity index (χ0) is 31.6. The summed E-state index contributed by atoms with van der Waals surface area (Å²) in [5.41, 5.74) is 3.97. The predicted molar refractivity (Wildman–Crippen MR) is 179 cm³/mol. The van der Waals surface area contributed by atoms with Crippen LogP contribution in [0, 0.1) is 6.92 Å². The number of allylic oxidation sites excluding steroid dienone is 2. The van der Waals surface area contributed by atoms with E-state index in [-0.39, 0.29) is 24.3 Å². The lowest BCUT2D eigenvalue weighted by molar-refractivity contribution is -0.667. The maximum Gasteiger partial charge on any atom is 0.265 e. The van der Waals surface area contributed by atoms with E-state index in [2.05, 4.69) is 52.8 Å². The van der Waals surface area contributed by atoms with Gasteiger partial charge >= 0.3 is 0 Å². The molecule has 234 valence electrons. The Bertz CT molecular complexity index is 2000. The van der Waals surface area contributed by atoms with E-state index in [4.69, 9.17) is 4.74 Å². The van der Waals surface area contributed by atoms with Crippen molar-refractivity contribution in [3.8, 4) is 5.75 Å². The minimum atomic E-state index is -4.09. The van der Waals surface area contributed by atoms with E-state index >= 15 is 0 Å². The number of thioether (sulfide) groups is 1. The fourth-order valence-corrected chi connectivity index (χ4v) is 8.71. The van der Waals surface area contributed by atoms with Crippen LogP contribution in [0.2, 0.25) is 0 Å². The summed E-state index contributed by atoms with van der Waals surface area (Å²) in [4.78, 5) is 3.08. The number of aromatic nitrogens is 1. The van der Waals surface area contributed by atoms with Gasteiger partial charge in [-0.15, -0.1) is 0 Å². The molecular weight excluding hydrogens is 641 g/mol. The van der Waals surface area contributed by atoms with E-state index in [1.54, 1.807) is 30.2 Å². The number of anilines is 1. The molecule has 4 aromatic rings.